The Morgan fingerprint density at radius 1 is 1.06 bits per heavy atom. The second-order valence-electron chi connectivity index (χ2n) is 11.1. The van der Waals surface area contributed by atoms with Gasteiger partial charge in [0, 0.05) is 18.1 Å². The highest BCUT2D eigenvalue weighted by Crippen LogP contribution is 2.46. The molecule has 36 heavy (non-hydrogen) atoms. The number of halogens is 3. The van der Waals surface area contributed by atoms with Crippen LogP contribution >= 0.6 is 0 Å². The van der Waals surface area contributed by atoms with Crippen molar-refractivity contribution < 1.29 is 27.8 Å². The molecule has 0 spiro atoms. The zero-order chi connectivity index (χ0) is 25.6. The lowest BCUT2D eigenvalue weighted by Gasteiger charge is -2.41. The Morgan fingerprint density at radius 2 is 1.69 bits per heavy atom. The molecule has 2 saturated heterocycles. The molecule has 7 heteroatoms. The van der Waals surface area contributed by atoms with Gasteiger partial charge in [0.05, 0.1) is 12.0 Å². The van der Waals surface area contributed by atoms with Gasteiger partial charge >= 0.3 is 12.1 Å². The Hall–Kier alpha value is -2.28. The quantitative estimate of drug-likeness (QED) is 0.441. The van der Waals surface area contributed by atoms with Gasteiger partial charge in [-0.1, -0.05) is 31.5 Å². The topological polar surface area (TPSA) is 49.8 Å². The molecule has 0 amide bonds. The van der Waals surface area contributed by atoms with E-state index in [1.165, 1.54) is 6.07 Å². The number of rotatable bonds is 6. The number of aliphatic carboxylic acids is 1. The fourth-order valence-corrected chi connectivity index (χ4v) is 7.02. The number of nitrogens with zero attached hydrogens (tertiary/aromatic N) is 1. The first kappa shape index (κ1) is 25.4. The summed E-state index contributed by atoms with van der Waals surface area (Å²) in [5, 5.41) is 10.2. The molecule has 2 aromatic carbocycles. The Kier molecular flexibility index (Phi) is 6.96. The maximum absolute atomic E-state index is 14.4. The predicted molar refractivity (Wildman–Crippen MR) is 133 cm³/mol. The number of carbonyl (C=O) groups is 1. The molecule has 2 bridgehead atoms. The average Bonchev–Trinajstić information content (AvgIpc) is 3.11. The minimum Gasteiger partial charge on any atom is -0.490 e. The van der Waals surface area contributed by atoms with Crippen LogP contribution < -0.4 is 4.74 Å². The van der Waals surface area contributed by atoms with Gasteiger partial charge in [0.25, 0.3) is 0 Å². The lowest BCUT2D eigenvalue weighted by molar-refractivity contribution is -0.144. The van der Waals surface area contributed by atoms with E-state index in [1.807, 2.05) is 13.0 Å². The van der Waals surface area contributed by atoms with E-state index in [-0.39, 0.29) is 41.3 Å². The van der Waals surface area contributed by atoms with E-state index in [1.54, 1.807) is 18.2 Å². The number of hydrogen-bond donors (Lipinski definition) is 1. The summed E-state index contributed by atoms with van der Waals surface area (Å²) in [4.78, 5) is 13.9. The summed E-state index contributed by atoms with van der Waals surface area (Å²) in [6, 6.07) is 8.83. The molecule has 3 aliphatic rings. The summed E-state index contributed by atoms with van der Waals surface area (Å²) < 4.78 is 49.4. The third-order valence-corrected chi connectivity index (χ3v) is 9.02. The summed E-state index contributed by atoms with van der Waals surface area (Å²) in [7, 11) is 0. The second kappa shape index (κ2) is 9.88. The number of ether oxygens (including phenoxy) is 1. The van der Waals surface area contributed by atoms with Crippen molar-refractivity contribution >= 4 is 16.7 Å². The van der Waals surface area contributed by atoms with Gasteiger partial charge in [-0.15, -0.1) is 0 Å². The Balaban J connectivity index is 1.45. The van der Waals surface area contributed by atoms with Gasteiger partial charge in [-0.3, -0.25) is 9.69 Å². The molecule has 196 valence electrons. The van der Waals surface area contributed by atoms with E-state index >= 15 is 0 Å². The van der Waals surface area contributed by atoms with Crippen molar-refractivity contribution in [3.05, 3.63) is 41.5 Å². The highest BCUT2D eigenvalue weighted by Gasteiger charge is 2.45. The Morgan fingerprint density at radius 3 is 2.28 bits per heavy atom. The van der Waals surface area contributed by atoms with E-state index in [2.05, 4.69) is 11.8 Å². The molecule has 1 N–H and O–H groups in total. The van der Waals surface area contributed by atoms with Crippen molar-refractivity contribution in [2.45, 2.75) is 102 Å². The third kappa shape index (κ3) is 4.83. The van der Waals surface area contributed by atoms with E-state index in [4.69, 9.17) is 4.74 Å². The summed E-state index contributed by atoms with van der Waals surface area (Å²) in [6.45, 7) is 4.20. The highest BCUT2D eigenvalue weighted by atomic mass is 19.4. The van der Waals surface area contributed by atoms with Crippen molar-refractivity contribution in [1.82, 2.24) is 4.90 Å². The van der Waals surface area contributed by atoms with Crippen LogP contribution in [0.15, 0.2) is 30.3 Å². The molecule has 2 unspecified atom stereocenters. The van der Waals surface area contributed by atoms with Crippen molar-refractivity contribution in [2.75, 3.05) is 0 Å². The van der Waals surface area contributed by atoms with Crippen LogP contribution in [0.25, 0.3) is 10.8 Å². The van der Waals surface area contributed by atoms with Crippen LogP contribution in [-0.2, 0) is 11.0 Å². The molecule has 2 heterocycles. The first-order chi connectivity index (χ1) is 17.2. The molecule has 2 aromatic rings. The average molecular weight is 504 g/mol. The fraction of sp³-hybridized carbons (Fsp3) is 0.621. The summed E-state index contributed by atoms with van der Waals surface area (Å²) in [5.74, 6) is -0.493. The molecule has 1 saturated carbocycles. The molecule has 4 nitrogen and oxygen atoms in total. The third-order valence-electron chi connectivity index (χ3n) is 9.02. The van der Waals surface area contributed by atoms with E-state index in [9.17, 15) is 23.1 Å². The molecule has 0 aromatic heterocycles. The maximum Gasteiger partial charge on any atom is 0.420 e. The Labute approximate surface area is 210 Å². The minimum atomic E-state index is -4.53. The molecular weight excluding hydrogens is 467 g/mol. The smallest absolute Gasteiger partial charge is 0.420 e. The van der Waals surface area contributed by atoms with Crippen LogP contribution in [0.3, 0.4) is 0 Å². The molecular formula is C29H36F3NO3. The minimum absolute atomic E-state index is 0.0675. The van der Waals surface area contributed by atoms with E-state index in [0.717, 1.165) is 50.5 Å². The number of carboxylic acids is 1. The van der Waals surface area contributed by atoms with Crippen LogP contribution in [-0.4, -0.2) is 34.2 Å². The van der Waals surface area contributed by atoms with Gasteiger partial charge in [0.2, 0.25) is 0 Å². The van der Waals surface area contributed by atoms with Crippen molar-refractivity contribution in [3.8, 4) is 5.75 Å². The first-order valence-corrected chi connectivity index (χ1v) is 13.5. The maximum atomic E-state index is 14.4. The monoisotopic (exact) mass is 503 g/mol. The molecule has 3 fully saturated rings. The molecule has 3 atom stereocenters. The molecule has 5 rings (SSSR count). The van der Waals surface area contributed by atoms with Gasteiger partial charge in [-0.25, -0.2) is 0 Å². The summed E-state index contributed by atoms with van der Waals surface area (Å²) in [6.07, 6.45) is 3.07. The predicted octanol–water partition coefficient (Wildman–Crippen LogP) is 7.59. The van der Waals surface area contributed by atoms with Gasteiger partial charge in [0.15, 0.2) is 0 Å². The van der Waals surface area contributed by atoms with Crippen LogP contribution in [0.2, 0.25) is 0 Å². The molecule has 2 aliphatic heterocycles. The lowest BCUT2D eigenvalue weighted by Crippen LogP contribution is -2.45. The fourth-order valence-electron chi connectivity index (χ4n) is 7.02. The number of carboxylic acid groups (broad SMARTS) is 1. The van der Waals surface area contributed by atoms with Gasteiger partial charge in [-0.2, -0.15) is 13.2 Å². The van der Waals surface area contributed by atoms with Crippen molar-refractivity contribution in [2.24, 2.45) is 11.8 Å². The highest BCUT2D eigenvalue weighted by molar-refractivity contribution is 5.89. The van der Waals surface area contributed by atoms with Crippen molar-refractivity contribution in [3.63, 3.8) is 0 Å². The number of fused-ring (bicyclic) bond motifs is 3. The molecule has 1 aliphatic carbocycles. The number of hydrogen-bond acceptors (Lipinski definition) is 3. The van der Waals surface area contributed by atoms with Crippen molar-refractivity contribution in [1.29, 1.82) is 0 Å². The standard InChI is InChI=1S/C29H36F3NO3/c1-3-18-4-11-24(12-5-18)36-26-13-8-19-6-7-20(16-25(19)27(26)29(30,31)32)17(2)33-22-9-10-23(33)15-21(14-22)28(34)35/h6-8,13,16-18,21-24H,3-5,9-12,14-15H2,1-2H3,(H,34,35)/t17-,18?,21?,22?,23?,24?/m1/s1. The molecule has 0 radical (unpaired) electrons. The number of alkyl halides is 3. The first-order valence-electron chi connectivity index (χ1n) is 13.5. The largest absolute Gasteiger partial charge is 0.490 e. The SMILES string of the molecule is CCC1CCC(Oc2ccc3ccc([C@@H](C)N4C5CCC4CC(C(=O)O)C5)cc3c2C(F)(F)F)CC1. The van der Waals surface area contributed by atoms with Crippen LogP contribution in [0, 0.1) is 11.8 Å². The summed E-state index contributed by atoms with van der Waals surface area (Å²) in [5.41, 5.74) is 0.151. The van der Waals surface area contributed by atoms with E-state index in [0.29, 0.717) is 24.1 Å². The van der Waals surface area contributed by atoms with Crippen LogP contribution in [0.4, 0.5) is 13.2 Å². The zero-order valence-corrected chi connectivity index (χ0v) is 21.1. The number of piperidine rings is 1. The second-order valence-corrected chi connectivity index (χ2v) is 11.1. The zero-order valence-electron chi connectivity index (χ0n) is 21.1. The van der Waals surface area contributed by atoms with Crippen LogP contribution in [0.1, 0.15) is 88.8 Å². The van der Waals surface area contributed by atoms with Gasteiger partial charge in [0.1, 0.15) is 11.3 Å². The number of benzene rings is 2. The Bertz CT molecular complexity index is 1090. The van der Waals surface area contributed by atoms with Gasteiger partial charge < -0.3 is 9.84 Å². The van der Waals surface area contributed by atoms with Crippen LogP contribution in [0.5, 0.6) is 5.75 Å². The van der Waals surface area contributed by atoms with Gasteiger partial charge in [-0.05, 0) is 92.7 Å². The summed E-state index contributed by atoms with van der Waals surface area (Å²) >= 11 is 0. The van der Waals surface area contributed by atoms with E-state index < -0.39 is 17.7 Å². The lowest BCUT2D eigenvalue weighted by atomic mass is 9.86. The normalized spacial score (nSPS) is 29.9.